The Hall–Kier alpha value is -2.22. The summed E-state index contributed by atoms with van der Waals surface area (Å²) in [5.74, 6) is 1.55. The zero-order valence-corrected chi connectivity index (χ0v) is 16.6. The van der Waals surface area contributed by atoms with E-state index in [-0.39, 0.29) is 12.0 Å². The van der Waals surface area contributed by atoms with Gasteiger partial charge in [0.25, 0.3) is 5.91 Å². The Labute approximate surface area is 162 Å². The van der Waals surface area contributed by atoms with Gasteiger partial charge in [-0.2, -0.15) is 0 Å². The lowest BCUT2D eigenvalue weighted by Crippen LogP contribution is -2.37. The molecule has 2 amide bonds. The number of nitrogens with one attached hydrogen (secondary N) is 1. The number of nitrogens with zero attached hydrogens (tertiary/aromatic N) is 3. The van der Waals surface area contributed by atoms with Crippen molar-refractivity contribution in [1.29, 1.82) is 0 Å². The lowest BCUT2D eigenvalue weighted by Gasteiger charge is -2.25. The number of hydrogen-bond donors (Lipinski definition) is 1. The fourth-order valence-electron chi connectivity index (χ4n) is 3.86. The zero-order valence-electron chi connectivity index (χ0n) is 15.8. The average Bonchev–Trinajstić information content (AvgIpc) is 3.00. The first-order valence-electron chi connectivity index (χ1n) is 9.28. The van der Waals surface area contributed by atoms with E-state index in [9.17, 15) is 9.59 Å². The molecule has 1 saturated heterocycles. The summed E-state index contributed by atoms with van der Waals surface area (Å²) in [5.41, 5.74) is 0.351. The van der Waals surface area contributed by atoms with Crippen molar-refractivity contribution in [3.63, 3.8) is 0 Å². The summed E-state index contributed by atoms with van der Waals surface area (Å²) in [6, 6.07) is 1.81. The number of amides is 2. The second kappa shape index (κ2) is 6.74. The summed E-state index contributed by atoms with van der Waals surface area (Å²) in [4.78, 5) is 34.6. The normalized spacial score (nSPS) is 24.0. The van der Waals surface area contributed by atoms with Gasteiger partial charge in [0.15, 0.2) is 5.01 Å². The Morgan fingerprint density at radius 1 is 1.33 bits per heavy atom. The van der Waals surface area contributed by atoms with E-state index in [1.54, 1.807) is 12.4 Å². The van der Waals surface area contributed by atoms with Crippen LogP contribution in [-0.4, -0.2) is 52.1 Å². The molecule has 0 spiro atoms. The van der Waals surface area contributed by atoms with E-state index in [1.165, 1.54) is 11.3 Å². The predicted octanol–water partition coefficient (Wildman–Crippen LogP) is 2.92. The van der Waals surface area contributed by atoms with E-state index in [4.69, 9.17) is 4.74 Å². The van der Waals surface area contributed by atoms with Gasteiger partial charge in [0.2, 0.25) is 0 Å². The Kier molecular flexibility index (Phi) is 4.53. The minimum Gasteiger partial charge on any atom is -0.444 e. The molecule has 1 aliphatic heterocycles. The molecule has 0 aromatic carbocycles. The third kappa shape index (κ3) is 3.90. The maximum absolute atomic E-state index is 12.3. The first-order chi connectivity index (χ1) is 12.8. The summed E-state index contributed by atoms with van der Waals surface area (Å²) in [6.45, 7) is 7.82. The van der Waals surface area contributed by atoms with E-state index in [0.717, 1.165) is 29.7 Å². The summed E-state index contributed by atoms with van der Waals surface area (Å²) >= 11 is 1.36. The molecular formula is C19H24N4O3S. The fraction of sp³-hybridized carbons (Fsp3) is 0.579. The van der Waals surface area contributed by atoms with Crippen molar-refractivity contribution in [2.75, 3.05) is 19.6 Å². The van der Waals surface area contributed by atoms with Crippen molar-refractivity contribution in [2.24, 2.45) is 17.8 Å². The molecule has 2 aliphatic rings. The summed E-state index contributed by atoms with van der Waals surface area (Å²) in [7, 11) is 0. The lowest BCUT2D eigenvalue weighted by molar-refractivity contribution is 0.0265. The highest BCUT2D eigenvalue weighted by atomic mass is 32.1. The minimum atomic E-state index is -0.454. The topological polar surface area (TPSA) is 84.4 Å². The van der Waals surface area contributed by atoms with Crippen LogP contribution in [0.2, 0.25) is 0 Å². The van der Waals surface area contributed by atoms with E-state index < -0.39 is 5.60 Å². The van der Waals surface area contributed by atoms with Crippen LogP contribution in [0.1, 0.15) is 37.0 Å². The average molecular weight is 388 g/mol. The van der Waals surface area contributed by atoms with Crippen molar-refractivity contribution < 1.29 is 14.3 Å². The maximum Gasteiger partial charge on any atom is 0.410 e. The van der Waals surface area contributed by atoms with Gasteiger partial charge in [-0.1, -0.05) is 0 Å². The number of aromatic nitrogens is 2. The van der Waals surface area contributed by atoms with Gasteiger partial charge in [-0.05, 0) is 51.0 Å². The number of pyridine rings is 1. The fourth-order valence-corrected chi connectivity index (χ4v) is 4.71. The molecule has 7 nitrogen and oxygen atoms in total. The molecular weight excluding hydrogens is 364 g/mol. The van der Waals surface area contributed by atoms with Crippen molar-refractivity contribution in [1.82, 2.24) is 20.2 Å². The highest BCUT2D eigenvalue weighted by Crippen LogP contribution is 2.53. The molecule has 8 heteroatoms. The molecule has 3 heterocycles. The monoisotopic (exact) mass is 388 g/mol. The molecule has 27 heavy (non-hydrogen) atoms. The summed E-state index contributed by atoms with van der Waals surface area (Å²) < 4.78 is 6.35. The summed E-state index contributed by atoms with van der Waals surface area (Å²) in [5, 5.41) is 3.45. The number of thiazole rings is 1. The first-order valence-corrected chi connectivity index (χ1v) is 10.1. The van der Waals surface area contributed by atoms with Crippen molar-refractivity contribution in [3.8, 4) is 0 Å². The Bertz CT molecular complexity index is 830. The van der Waals surface area contributed by atoms with E-state index in [2.05, 4.69) is 15.3 Å². The van der Waals surface area contributed by atoms with Crippen LogP contribution in [0.25, 0.3) is 10.2 Å². The Morgan fingerprint density at radius 2 is 2.07 bits per heavy atom. The Balaban J connectivity index is 1.21. The van der Waals surface area contributed by atoms with Crippen LogP contribution in [-0.2, 0) is 4.74 Å². The predicted molar refractivity (Wildman–Crippen MR) is 103 cm³/mol. The number of hydrogen-bond acceptors (Lipinski definition) is 6. The number of likely N-dealkylation sites (tertiary alicyclic amines) is 1. The first kappa shape index (κ1) is 18.2. The standard InChI is InChI=1S/C19H24N4O3S/c1-19(2,3)26-18(25)23-9-12-11(13(12)10-23)4-7-21-16(24)17-22-14-5-6-20-8-15(14)27-17/h5-6,8,11-13H,4,7,9-10H2,1-3H3,(H,21,24)/t11?,12-,13+. The van der Waals surface area contributed by atoms with E-state index in [0.29, 0.717) is 29.3 Å². The van der Waals surface area contributed by atoms with E-state index in [1.807, 2.05) is 31.7 Å². The molecule has 1 saturated carbocycles. The van der Waals surface area contributed by atoms with Gasteiger partial charge in [-0.15, -0.1) is 11.3 Å². The molecule has 1 aliphatic carbocycles. The number of piperidine rings is 1. The van der Waals surface area contributed by atoms with Gasteiger partial charge in [0.05, 0.1) is 10.2 Å². The van der Waals surface area contributed by atoms with Gasteiger partial charge in [0.1, 0.15) is 5.60 Å². The van der Waals surface area contributed by atoms with E-state index >= 15 is 0 Å². The molecule has 1 unspecified atom stereocenters. The molecule has 2 aromatic rings. The number of carbonyl (C=O) groups excluding carboxylic acids is 2. The highest BCUT2D eigenvalue weighted by molar-refractivity contribution is 7.20. The van der Waals surface area contributed by atoms with Crippen LogP contribution in [0.3, 0.4) is 0 Å². The third-order valence-corrected chi connectivity index (χ3v) is 6.18. The number of rotatable bonds is 4. The quantitative estimate of drug-likeness (QED) is 0.871. The number of fused-ring (bicyclic) bond motifs is 2. The van der Waals surface area contributed by atoms with Crippen LogP contribution in [0.15, 0.2) is 18.5 Å². The number of ether oxygens (including phenoxy) is 1. The highest BCUT2D eigenvalue weighted by Gasteiger charge is 2.56. The van der Waals surface area contributed by atoms with Gasteiger partial charge in [-0.3, -0.25) is 9.78 Å². The van der Waals surface area contributed by atoms with Crippen molar-refractivity contribution in [3.05, 3.63) is 23.5 Å². The van der Waals surface area contributed by atoms with Crippen LogP contribution in [0.4, 0.5) is 4.79 Å². The zero-order chi connectivity index (χ0) is 19.2. The van der Waals surface area contributed by atoms with Crippen LogP contribution < -0.4 is 5.32 Å². The van der Waals surface area contributed by atoms with Crippen LogP contribution in [0, 0.1) is 17.8 Å². The molecule has 2 fully saturated rings. The number of carbonyl (C=O) groups is 2. The molecule has 1 N–H and O–H groups in total. The lowest BCUT2D eigenvalue weighted by atomic mass is 10.2. The molecule has 0 bridgehead atoms. The van der Waals surface area contributed by atoms with Gasteiger partial charge >= 0.3 is 6.09 Å². The van der Waals surface area contributed by atoms with Gasteiger partial charge < -0.3 is 15.0 Å². The second-order valence-corrected chi connectivity index (χ2v) is 9.31. The molecule has 3 atom stereocenters. The largest absolute Gasteiger partial charge is 0.444 e. The van der Waals surface area contributed by atoms with Crippen LogP contribution in [0.5, 0.6) is 0 Å². The minimum absolute atomic E-state index is 0.127. The molecule has 2 aromatic heterocycles. The third-order valence-electron chi connectivity index (χ3n) is 5.17. The molecule has 0 radical (unpaired) electrons. The van der Waals surface area contributed by atoms with Crippen molar-refractivity contribution in [2.45, 2.75) is 32.8 Å². The Morgan fingerprint density at radius 3 is 2.74 bits per heavy atom. The molecule has 4 rings (SSSR count). The van der Waals surface area contributed by atoms with Gasteiger partial charge in [-0.25, -0.2) is 9.78 Å². The molecule has 144 valence electrons. The second-order valence-electron chi connectivity index (χ2n) is 8.28. The SMILES string of the molecule is CC(C)(C)OC(=O)N1C[C@@H]2C(CCNC(=O)c3nc4ccncc4s3)[C@@H]2C1. The summed E-state index contributed by atoms with van der Waals surface area (Å²) in [6.07, 6.45) is 4.13. The van der Waals surface area contributed by atoms with Gasteiger partial charge in [0, 0.05) is 32.0 Å². The maximum atomic E-state index is 12.3. The van der Waals surface area contributed by atoms with Crippen molar-refractivity contribution >= 4 is 33.6 Å². The van der Waals surface area contributed by atoms with Crippen LogP contribution >= 0.6 is 11.3 Å². The smallest absolute Gasteiger partial charge is 0.410 e.